The number of allylic oxidation sites excluding steroid dienone is 2. The van der Waals surface area contributed by atoms with E-state index in [4.69, 9.17) is 9.47 Å². The lowest BCUT2D eigenvalue weighted by Crippen LogP contribution is -2.43. The molecule has 0 saturated carbocycles. The largest absolute Gasteiger partial charge is 0.448 e. The van der Waals surface area contributed by atoms with Crippen LogP contribution < -0.4 is 0 Å². The number of carbonyl (C=O) groups is 2. The molecule has 0 aromatic heterocycles. The maximum absolute atomic E-state index is 12.9. The highest BCUT2D eigenvalue weighted by Crippen LogP contribution is 2.44. The molecule has 1 atom stereocenters. The van der Waals surface area contributed by atoms with Gasteiger partial charge in [0, 0.05) is 25.4 Å². The van der Waals surface area contributed by atoms with Gasteiger partial charge in [0.05, 0.1) is 5.92 Å². The van der Waals surface area contributed by atoms with Gasteiger partial charge < -0.3 is 14.4 Å². The molecule has 166 valence electrons. The molecular weight excluding hydrogens is 402 g/mol. The number of benzene rings is 2. The van der Waals surface area contributed by atoms with Crippen LogP contribution in [0.3, 0.4) is 0 Å². The molecule has 5 nitrogen and oxygen atoms in total. The second-order valence-corrected chi connectivity index (χ2v) is 8.93. The summed E-state index contributed by atoms with van der Waals surface area (Å²) in [5, 5.41) is 0. The first-order valence-electron chi connectivity index (χ1n) is 11.7. The zero-order valence-corrected chi connectivity index (χ0v) is 18.3. The number of likely N-dealkylation sites (tertiary alicyclic amines) is 1. The van der Waals surface area contributed by atoms with Crippen molar-refractivity contribution in [3.8, 4) is 11.1 Å². The third-order valence-electron chi connectivity index (χ3n) is 6.83. The van der Waals surface area contributed by atoms with E-state index < -0.39 is 0 Å². The molecule has 0 radical (unpaired) electrons. The summed E-state index contributed by atoms with van der Waals surface area (Å²) in [6.45, 7) is 1.28. The number of esters is 1. The SMILES string of the molecule is O=C(OC1=CCCCC1)C1CCCN(C(=O)OCC2c3ccccc3-c3ccccc32)C1. The van der Waals surface area contributed by atoms with Crippen molar-refractivity contribution in [2.45, 2.75) is 44.4 Å². The highest BCUT2D eigenvalue weighted by atomic mass is 16.6. The van der Waals surface area contributed by atoms with E-state index in [1.165, 1.54) is 22.3 Å². The van der Waals surface area contributed by atoms with Gasteiger partial charge in [0.25, 0.3) is 0 Å². The van der Waals surface area contributed by atoms with Crippen molar-refractivity contribution in [2.24, 2.45) is 5.92 Å². The van der Waals surface area contributed by atoms with Crippen LogP contribution in [0.1, 0.15) is 55.6 Å². The van der Waals surface area contributed by atoms with Crippen LogP contribution in [0.2, 0.25) is 0 Å². The van der Waals surface area contributed by atoms with Crippen molar-refractivity contribution in [3.05, 3.63) is 71.5 Å². The van der Waals surface area contributed by atoms with E-state index in [2.05, 4.69) is 24.3 Å². The van der Waals surface area contributed by atoms with E-state index in [9.17, 15) is 9.59 Å². The number of hydrogen-bond acceptors (Lipinski definition) is 4. The molecule has 1 saturated heterocycles. The quantitative estimate of drug-likeness (QED) is 0.587. The number of nitrogens with zero attached hydrogens (tertiary/aromatic N) is 1. The fourth-order valence-corrected chi connectivity index (χ4v) is 5.13. The number of carbonyl (C=O) groups excluding carboxylic acids is 2. The maximum atomic E-state index is 12.9. The van der Waals surface area contributed by atoms with Crippen LogP contribution in [0.15, 0.2) is 60.4 Å². The van der Waals surface area contributed by atoms with E-state index in [1.807, 2.05) is 30.3 Å². The molecule has 3 aliphatic rings. The molecule has 1 aliphatic heterocycles. The lowest BCUT2D eigenvalue weighted by Gasteiger charge is -2.31. The first-order valence-corrected chi connectivity index (χ1v) is 11.7. The smallest absolute Gasteiger partial charge is 0.409 e. The molecule has 2 aromatic carbocycles. The fraction of sp³-hybridized carbons (Fsp3) is 0.407. The van der Waals surface area contributed by atoms with Gasteiger partial charge in [0.1, 0.15) is 12.4 Å². The van der Waals surface area contributed by atoms with E-state index in [0.717, 1.165) is 44.3 Å². The molecule has 1 heterocycles. The number of rotatable bonds is 4. The van der Waals surface area contributed by atoms with Gasteiger partial charge in [-0.2, -0.15) is 0 Å². The van der Waals surface area contributed by atoms with Crippen LogP contribution in [-0.2, 0) is 14.3 Å². The van der Waals surface area contributed by atoms with Gasteiger partial charge in [-0.05, 0) is 60.4 Å². The third-order valence-corrected chi connectivity index (χ3v) is 6.83. The van der Waals surface area contributed by atoms with Crippen molar-refractivity contribution in [1.29, 1.82) is 0 Å². The standard InChI is InChI=1S/C27H29NO4/c29-26(32-20-10-2-1-3-11-20)19-9-8-16-28(17-19)27(30)31-18-25-23-14-6-4-12-21(23)22-13-5-7-15-24(22)25/h4-7,10,12-15,19,25H,1-3,8-9,11,16-18H2. The van der Waals surface area contributed by atoms with Crippen molar-refractivity contribution in [1.82, 2.24) is 4.90 Å². The molecule has 1 fully saturated rings. The molecule has 2 aliphatic carbocycles. The number of amides is 1. The zero-order chi connectivity index (χ0) is 21.9. The number of fused-ring (bicyclic) bond motifs is 3. The van der Waals surface area contributed by atoms with E-state index in [0.29, 0.717) is 19.7 Å². The summed E-state index contributed by atoms with van der Waals surface area (Å²) in [5.41, 5.74) is 4.81. The Labute approximate surface area is 189 Å². The summed E-state index contributed by atoms with van der Waals surface area (Å²) in [4.78, 5) is 27.2. The first kappa shape index (κ1) is 20.8. The van der Waals surface area contributed by atoms with Gasteiger partial charge in [0.2, 0.25) is 0 Å². The highest BCUT2D eigenvalue weighted by molar-refractivity contribution is 5.79. The summed E-state index contributed by atoms with van der Waals surface area (Å²) in [5.74, 6) is 0.330. The predicted octanol–water partition coefficient (Wildman–Crippen LogP) is 5.65. The van der Waals surface area contributed by atoms with E-state index in [-0.39, 0.29) is 23.9 Å². The zero-order valence-electron chi connectivity index (χ0n) is 18.3. The molecular formula is C27H29NO4. The minimum Gasteiger partial charge on any atom is -0.448 e. The summed E-state index contributed by atoms with van der Waals surface area (Å²) in [6.07, 6.45) is 7.22. The van der Waals surface area contributed by atoms with Gasteiger partial charge in [-0.3, -0.25) is 4.79 Å². The van der Waals surface area contributed by atoms with Gasteiger partial charge in [-0.1, -0.05) is 48.5 Å². The normalized spacial score (nSPS) is 20.2. The summed E-state index contributed by atoms with van der Waals surface area (Å²) in [7, 11) is 0. The van der Waals surface area contributed by atoms with Crippen LogP contribution in [-0.4, -0.2) is 36.7 Å². The topological polar surface area (TPSA) is 55.8 Å². The van der Waals surface area contributed by atoms with Crippen molar-refractivity contribution >= 4 is 12.1 Å². The molecule has 0 bridgehead atoms. The van der Waals surface area contributed by atoms with Crippen molar-refractivity contribution in [2.75, 3.05) is 19.7 Å². The Morgan fingerprint density at radius 1 is 0.938 bits per heavy atom. The molecule has 1 unspecified atom stereocenters. The van der Waals surface area contributed by atoms with Crippen molar-refractivity contribution < 1.29 is 19.1 Å². The van der Waals surface area contributed by atoms with E-state index >= 15 is 0 Å². The average molecular weight is 432 g/mol. The summed E-state index contributed by atoms with van der Waals surface area (Å²) >= 11 is 0. The molecule has 2 aromatic rings. The van der Waals surface area contributed by atoms with Gasteiger partial charge in [-0.15, -0.1) is 0 Å². The molecule has 32 heavy (non-hydrogen) atoms. The second-order valence-electron chi connectivity index (χ2n) is 8.93. The van der Waals surface area contributed by atoms with Crippen LogP contribution in [0.4, 0.5) is 4.79 Å². The predicted molar refractivity (Wildman–Crippen MR) is 122 cm³/mol. The first-order chi connectivity index (χ1) is 15.7. The summed E-state index contributed by atoms with van der Waals surface area (Å²) < 4.78 is 11.4. The Hall–Kier alpha value is -3.08. The fourth-order valence-electron chi connectivity index (χ4n) is 5.13. The Bertz CT molecular complexity index is 998. The maximum Gasteiger partial charge on any atom is 0.409 e. The summed E-state index contributed by atoms with van der Waals surface area (Å²) in [6, 6.07) is 16.6. The molecule has 1 amide bonds. The molecule has 0 spiro atoms. The Morgan fingerprint density at radius 2 is 1.66 bits per heavy atom. The van der Waals surface area contributed by atoms with Gasteiger partial charge in [-0.25, -0.2) is 4.79 Å². The minimum atomic E-state index is -0.346. The van der Waals surface area contributed by atoms with Crippen LogP contribution in [0.25, 0.3) is 11.1 Å². The van der Waals surface area contributed by atoms with Crippen LogP contribution in [0, 0.1) is 5.92 Å². The van der Waals surface area contributed by atoms with Crippen molar-refractivity contribution in [3.63, 3.8) is 0 Å². The minimum absolute atomic E-state index is 0.0372. The lowest BCUT2D eigenvalue weighted by molar-refractivity contribution is -0.146. The van der Waals surface area contributed by atoms with E-state index in [1.54, 1.807) is 4.90 Å². The highest BCUT2D eigenvalue weighted by Gasteiger charge is 2.33. The number of ether oxygens (including phenoxy) is 2. The molecule has 0 N–H and O–H groups in total. The number of hydrogen-bond donors (Lipinski definition) is 0. The average Bonchev–Trinajstić information content (AvgIpc) is 3.17. The second kappa shape index (κ2) is 9.19. The Kier molecular flexibility index (Phi) is 5.97. The molecule has 5 rings (SSSR count). The Balaban J connectivity index is 1.21. The number of piperidine rings is 1. The monoisotopic (exact) mass is 431 g/mol. The molecule has 5 heteroatoms. The van der Waals surface area contributed by atoms with Gasteiger partial charge >= 0.3 is 12.1 Å². The Morgan fingerprint density at radius 3 is 2.34 bits per heavy atom. The van der Waals surface area contributed by atoms with Crippen LogP contribution in [0.5, 0.6) is 0 Å². The van der Waals surface area contributed by atoms with Gasteiger partial charge in [0.15, 0.2) is 0 Å². The van der Waals surface area contributed by atoms with Crippen LogP contribution >= 0.6 is 0 Å². The lowest BCUT2D eigenvalue weighted by atomic mass is 9.98. The third kappa shape index (κ3) is 4.16.